The van der Waals surface area contributed by atoms with Crippen LogP contribution < -0.4 is 10.6 Å². The third-order valence-corrected chi connectivity index (χ3v) is 7.78. The first-order valence-corrected chi connectivity index (χ1v) is 11.5. The summed E-state index contributed by atoms with van der Waals surface area (Å²) in [5, 5.41) is 6.94. The third kappa shape index (κ3) is 3.15. The van der Waals surface area contributed by atoms with Crippen molar-refractivity contribution in [3.8, 4) is 0 Å². The molecule has 5 atom stereocenters. The molecule has 0 spiro atoms. The highest BCUT2D eigenvalue weighted by atomic mass is 16.1. The van der Waals surface area contributed by atoms with Crippen molar-refractivity contribution in [3.05, 3.63) is 95.1 Å². The average molecular weight is 409 g/mol. The monoisotopic (exact) mass is 408 g/mol. The Kier molecular flexibility index (Phi) is 4.38. The second kappa shape index (κ2) is 7.26. The fourth-order valence-electron chi connectivity index (χ4n) is 6.54. The predicted molar refractivity (Wildman–Crippen MR) is 125 cm³/mol. The molecule has 156 valence electrons. The van der Waals surface area contributed by atoms with Crippen LogP contribution in [0.4, 0.5) is 11.4 Å². The van der Waals surface area contributed by atoms with E-state index in [-0.39, 0.29) is 5.91 Å². The molecule has 3 aromatic rings. The molecule has 1 amide bonds. The van der Waals surface area contributed by atoms with Crippen LogP contribution in [0.25, 0.3) is 0 Å². The average Bonchev–Trinajstić information content (AvgIpc) is 3.42. The number of amides is 1. The van der Waals surface area contributed by atoms with Gasteiger partial charge in [-0.05, 0) is 96.9 Å². The number of hydrogen-bond acceptors (Lipinski definition) is 2. The Balaban J connectivity index is 1.35. The van der Waals surface area contributed by atoms with E-state index in [9.17, 15) is 4.79 Å². The molecule has 2 bridgehead atoms. The molecule has 1 heterocycles. The molecular formula is C28H28N2O. The van der Waals surface area contributed by atoms with Crippen molar-refractivity contribution in [2.45, 2.75) is 38.1 Å². The molecule has 3 aromatic carbocycles. The van der Waals surface area contributed by atoms with Gasteiger partial charge in [0.25, 0.3) is 5.91 Å². The van der Waals surface area contributed by atoms with Gasteiger partial charge in [0.05, 0.1) is 6.04 Å². The highest BCUT2D eigenvalue weighted by Crippen LogP contribution is 2.63. The van der Waals surface area contributed by atoms with E-state index in [4.69, 9.17) is 0 Å². The van der Waals surface area contributed by atoms with Gasteiger partial charge in [-0.2, -0.15) is 0 Å². The van der Waals surface area contributed by atoms with Crippen molar-refractivity contribution in [3.63, 3.8) is 0 Å². The van der Waals surface area contributed by atoms with Gasteiger partial charge in [0.1, 0.15) is 0 Å². The Morgan fingerprint density at radius 3 is 2.61 bits per heavy atom. The summed E-state index contributed by atoms with van der Waals surface area (Å²) in [5.41, 5.74) is 6.68. The van der Waals surface area contributed by atoms with Crippen LogP contribution in [0, 0.1) is 24.7 Å². The highest BCUT2D eigenvalue weighted by molar-refractivity contribution is 6.04. The second-order valence-electron chi connectivity index (χ2n) is 9.59. The van der Waals surface area contributed by atoms with Gasteiger partial charge < -0.3 is 10.6 Å². The zero-order valence-corrected chi connectivity index (χ0v) is 17.8. The number of anilines is 2. The fraction of sp³-hybridized carbons (Fsp3) is 0.321. The van der Waals surface area contributed by atoms with Gasteiger partial charge in [0.15, 0.2) is 0 Å². The lowest BCUT2D eigenvalue weighted by Crippen LogP contribution is -2.35. The van der Waals surface area contributed by atoms with Gasteiger partial charge in [-0.15, -0.1) is 0 Å². The molecule has 0 unspecified atom stereocenters. The van der Waals surface area contributed by atoms with Crippen LogP contribution in [-0.4, -0.2) is 5.91 Å². The van der Waals surface area contributed by atoms with E-state index in [0.717, 1.165) is 28.7 Å². The van der Waals surface area contributed by atoms with Crippen molar-refractivity contribution in [2.75, 3.05) is 10.6 Å². The molecule has 2 aliphatic carbocycles. The third-order valence-electron chi connectivity index (χ3n) is 7.78. The van der Waals surface area contributed by atoms with E-state index in [2.05, 4.69) is 53.1 Å². The smallest absolute Gasteiger partial charge is 0.255 e. The molecule has 6 rings (SSSR count). The van der Waals surface area contributed by atoms with Crippen LogP contribution in [0.15, 0.2) is 72.8 Å². The van der Waals surface area contributed by atoms with E-state index in [1.165, 1.54) is 36.1 Å². The van der Waals surface area contributed by atoms with Gasteiger partial charge in [0.2, 0.25) is 0 Å². The molecule has 1 aliphatic heterocycles. The summed E-state index contributed by atoms with van der Waals surface area (Å²) in [6, 6.07) is 25.5. The lowest BCUT2D eigenvalue weighted by Gasteiger charge is -2.43. The summed E-state index contributed by atoms with van der Waals surface area (Å²) >= 11 is 0. The Morgan fingerprint density at radius 2 is 1.77 bits per heavy atom. The minimum absolute atomic E-state index is 0.0294. The minimum atomic E-state index is -0.0294. The Labute approximate surface area is 183 Å². The van der Waals surface area contributed by atoms with Crippen LogP contribution in [0.2, 0.25) is 0 Å². The summed E-state index contributed by atoms with van der Waals surface area (Å²) in [7, 11) is 0. The maximum atomic E-state index is 13.0. The maximum absolute atomic E-state index is 13.0. The number of carbonyl (C=O) groups excluding carboxylic acids is 1. The Bertz CT molecular complexity index is 1140. The first-order chi connectivity index (χ1) is 15.2. The summed E-state index contributed by atoms with van der Waals surface area (Å²) < 4.78 is 0. The zero-order valence-electron chi connectivity index (χ0n) is 17.8. The lowest BCUT2D eigenvalue weighted by molar-refractivity contribution is 0.102. The molecule has 3 aliphatic rings. The Morgan fingerprint density at radius 1 is 0.935 bits per heavy atom. The van der Waals surface area contributed by atoms with Gasteiger partial charge in [0, 0.05) is 16.9 Å². The number of hydrogen-bond donors (Lipinski definition) is 2. The van der Waals surface area contributed by atoms with Crippen LogP contribution in [0.5, 0.6) is 0 Å². The second-order valence-corrected chi connectivity index (χ2v) is 9.59. The number of benzene rings is 3. The van der Waals surface area contributed by atoms with Gasteiger partial charge in [-0.25, -0.2) is 0 Å². The largest absolute Gasteiger partial charge is 0.378 e. The summed E-state index contributed by atoms with van der Waals surface area (Å²) in [6.07, 6.45) is 4.01. The minimum Gasteiger partial charge on any atom is -0.378 e. The SMILES string of the molecule is Cc1cccc(NC(=O)c2ccc3c(c2)[C@@H]2[C@H]4CC[C@@H](C4)[C@@H]2[C@H](c2ccccc2)N3)c1. The quantitative estimate of drug-likeness (QED) is 0.516. The van der Waals surface area contributed by atoms with E-state index >= 15 is 0 Å². The molecule has 2 fully saturated rings. The first-order valence-electron chi connectivity index (χ1n) is 11.5. The molecule has 0 aromatic heterocycles. The molecule has 31 heavy (non-hydrogen) atoms. The maximum Gasteiger partial charge on any atom is 0.255 e. The lowest BCUT2D eigenvalue weighted by atomic mass is 9.68. The van der Waals surface area contributed by atoms with Gasteiger partial charge >= 0.3 is 0 Å². The van der Waals surface area contributed by atoms with Crippen molar-refractivity contribution in [1.82, 2.24) is 0 Å². The normalized spacial score (nSPS) is 27.8. The summed E-state index contributed by atoms with van der Waals surface area (Å²) in [6.45, 7) is 2.04. The first kappa shape index (κ1) is 18.7. The zero-order chi connectivity index (χ0) is 20.9. The van der Waals surface area contributed by atoms with E-state index in [0.29, 0.717) is 17.9 Å². The van der Waals surface area contributed by atoms with Crippen molar-refractivity contribution < 1.29 is 4.79 Å². The van der Waals surface area contributed by atoms with Crippen LogP contribution in [-0.2, 0) is 0 Å². The molecular weight excluding hydrogens is 380 g/mol. The molecule has 2 saturated carbocycles. The van der Waals surface area contributed by atoms with Crippen LogP contribution in [0.1, 0.15) is 58.3 Å². The Hall–Kier alpha value is -3.07. The topological polar surface area (TPSA) is 41.1 Å². The van der Waals surface area contributed by atoms with Crippen molar-refractivity contribution in [1.29, 1.82) is 0 Å². The molecule has 0 radical (unpaired) electrons. The highest BCUT2D eigenvalue weighted by Gasteiger charge is 2.53. The van der Waals surface area contributed by atoms with Crippen LogP contribution in [0.3, 0.4) is 0 Å². The van der Waals surface area contributed by atoms with Gasteiger partial charge in [-0.1, -0.05) is 42.5 Å². The van der Waals surface area contributed by atoms with Crippen LogP contribution >= 0.6 is 0 Å². The van der Waals surface area contributed by atoms with Crippen molar-refractivity contribution >= 4 is 17.3 Å². The summed E-state index contributed by atoms with van der Waals surface area (Å²) in [4.78, 5) is 13.0. The molecule has 3 heteroatoms. The number of aryl methyl sites for hydroxylation is 1. The van der Waals surface area contributed by atoms with E-state index in [1.54, 1.807) is 0 Å². The number of rotatable bonds is 3. The molecule has 2 N–H and O–H groups in total. The predicted octanol–water partition coefficient (Wildman–Crippen LogP) is 6.54. The number of fused-ring (bicyclic) bond motifs is 7. The molecule has 3 nitrogen and oxygen atoms in total. The fourth-order valence-corrected chi connectivity index (χ4v) is 6.54. The standard InChI is InChI=1S/C28H28N2O/c1-17-6-5-9-22(14-17)29-28(31)21-12-13-24-23(16-21)25-19-10-11-20(15-19)26(25)27(30-24)18-7-3-2-4-8-18/h2-9,12-14,16,19-20,25-27,30H,10-11,15H2,1H3,(H,29,31)/t19-,20-,25-,26-,27-/m0/s1. The number of carbonyl (C=O) groups is 1. The summed E-state index contributed by atoms with van der Waals surface area (Å²) in [5.74, 6) is 2.66. The molecule has 0 saturated heterocycles. The van der Waals surface area contributed by atoms with Crippen molar-refractivity contribution in [2.24, 2.45) is 17.8 Å². The van der Waals surface area contributed by atoms with E-state index in [1.807, 2.05) is 37.3 Å². The number of nitrogens with one attached hydrogen (secondary N) is 2. The van der Waals surface area contributed by atoms with Gasteiger partial charge in [-0.3, -0.25) is 4.79 Å². The van der Waals surface area contributed by atoms with E-state index < -0.39 is 0 Å².